The van der Waals surface area contributed by atoms with Gasteiger partial charge in [0.1, 0.15) is 5.75 Å². The summed E-state index contributed by atoms with van der Waals surface area (Å²) in [6, 6.07) is 24.6. The second-order valence-corrected chi connectivity index (χ2v) is 9.89. The van der Waals surface area contributed by atoms with Gasteiger partial charge in [0.25, 0.3) is 0 Å². The fourth-order valence-electron chi connectivity index (χ4n) is 5.56. The second kappa shape index (κ2) is 9.60. The molecule has 178 valence electrons. The molecule has 1 heterocycles. The molecule has 1 aliphatic carbocycles. The van der Waals surface area contributed by atoms with Crippen LogP contribution in [0.2, 0.25) is 0 Å². The number of fused-ring (bicyclic) bond motifs is 1. The number of rotatable bonds is 4. The molecule has 5 rings (SSSR count). The van der Waals surface area contributed by atoms with Crippen molar-refractivity contribution in [1.82, 2.24) is 4.90 Å². The molecule has 1 saturated heterocycles. The molecule has 1 fully saturated rings. The van der Waals surface area contributed by atoms with Crippen molar-refractivity contribution in [3.05, 3.63) is 89.0 Å². The molecule has 0 aromatic heterocycles. The maximum Gasteiger partial charge on any atom is 0.134 e. The molecular weight excluding hydrogens is 430 g/mol. The van der Waals surface area contributed by atoms with Crippen LogP contribution in [0.5, 0.6) is 5.75 Å². The van der Waals surface area contributed by atoms with Crippen LogP contribution < -0.4 is 9.64 Å². The number of hydrogen-bond donors (Lipinski definition) is 0. The minimum Gasteiger partial charge on any atom is -0.495 e. The molecule has 1 aliphatic heterocycles. The van der Waals surface area contributed by atoms with E-state index < -0.39 is 0 Å². The Morgan fingerprint density at radius 3 is 2.23 bits per heavy atom. The van der Waals surface area contributed by atoms with Gasteiger partial charge in [-0.25, -0.2) is 0 Å². The smallest absolute Gasteiger partial charge is 0.134 e. The molecule has 4 heteroatoms. The molecule has 3 aromatic rings. The van der Waals surface area contributed by atoms with E-state index in [1.807, 2.05) is 12.1 Å². The monoisotopic (exact) mass is 463 g/mol. The molecular formula is C31H33N3O. The third kappa shape index (κ3) is 4.33. The fourth-order valence-corrected chi connectivity index (χ4v) is 5.56. The molecule has 3 unspecified atom stereocenters. The molecule has 0 spiro atoms. The average Bonchev–Trinajstić information content (AvgIpc) is 2.90. The molecule has 0 N–H and O–H groups in total. The number of nitriles is 1. The van der Waals surface area contributed by atoms with Crippen molar-refractivity contribution >= 4 is 11.8 Å². The van der Waals surface area contributed by atoms with Crippen molar-refractivity contribution < 1.29 is 4.74 Å². The number of likely N-dealkylation sites (N-methyl/N-ethyl adjacent to an activating group) is 1. The maximum absolute atomic E-state index is 9.15. The summed E-state index contributed by atoms with van der Waals surface area (Å²) in [6.07, 6.45) is 5.37. The lowest BCUT2D eigenvalue weighted by Gasteiger charge is -2.43. The molecule has 3 atom stereocenters. The first kappa shape index (κ1) is 23.2. The predicted molar refractivity (Wildman–Crippen MR) is 144 cm³/mol. The fraction of sp³-hybridized carbons (Fsp3) is 0.323. The van der Waals surface area contributed by atoms with Crippen LogP contribution in [0.4, 0.5) is 5.69 Å². The Labute approximate surface area is 209 Å². The van der Waals surface area contributed by atoms with Gasteiger partial charge in [0.15, 0.2) is 0 Å². The summed E-state index contributed by atoms with van der Waals surface area (Å²) in [5, 5.41) is 9.15. The van der Waals surface area contributed by atoms with Gasteiger partial charge in [0.05, 0.1) is 18.7 Å². The van der Waals surface area contributed by atoms with Crippen LogP contribution in [-0.2, 0) is 0 Å². The number of methoxy groups -OCH3 is 1. The lowest BCUT2D eigenvalue weighted by Crippen LogP contribution is -2.55. The maximum atomic E-state index is 9.15. The molecule has 35 heavy (non-hydrogen) atoms. The number of hydrogen-bond acceptors (Lipinski definition) is 4. The van der Waals surface area contributed by atoms with E-state index in [0.29, 0.717) is 17.6 Å². The van der Waals surface area contributed by atoms with Crippen molar-refractivity contribution in [2.45, 2.75) is 38.3 Å². The molecule has 0 saturated carbocycles. The first-order chi connectivity index (χ1) is 17.0. The number of anilines is 1. The highest BCUT2D eigenvalue weighted by Crippen LogP contribution is 2.44. The van der Waals surface area contributed by atoms with E-state index in [-0.39, 0.29) is 5.92 Å². The highest BCUT2D eigenvalue weighted by Gasteiger charge is 2.27. The largest absolute Gasteiger partial charge is 0.495 e. The Hall–Kier alpha value is -3.55. The van der Waals surface area contributed by atoms with Crippen molar-refractivity contribution in [3.63, 3.8) is 0 Å². The summed E-state index contributed by atoms with van der Waals surface area (Å²) in [7, 11) is 3.98. The van der Waals surface area contributed by atoms with Crippen molar-refractivity contribution in [2.75, 3.05) is 32.1 Å². The van der Waals surface area contributed by atoms with Gasteiger partial charge >= 0.3 is 0 Å². The summed E-state index contributed by atoms with van der Waals surface area (Å²) in [4.78, 5) is 4.95. The van der Waals surface area contributed by atoms with E-state index in [1.165, 1.54) is 16.8 Å². The summed E-state index contributed by atoms with van der Waals surface area (Å²) in [5.41, 5.74) is 7.90. The van der Waals surface area contributed by atoms with E-state index in [4.69, 9.17) is 10.00 Å². The number of allylic oxidation sites excluding steroid dienone is 1. The number of ether oxygens (including phenoxy) is 1. The molecule has 0 amide bonds. The van der Waals surface area contributed by atoms with E-state index in [9.17, 15) is 0 Å². The number of nitrogens with zero attached hydrogens (tertiary/aromatic N) is 3. The van der Waals surface area contributed by atoms with Gasteiger partial charge < -0.3 is 9.64 Å². The zero-order valence-electron chi connectivity index (χ0n) is 21.0. The van der Waals surface area contributed by atoms with Gasteiger partial charge in [-0.1, -0.05) is 48.6 Å². The van der Waals surface area contributed by atoms with Gasteiger partial charge in [-0.15, -0.1) is 0 Å². The normalized spacial score (nSPS) is 21.9. The van der Waals surface area contributed by atoms with E-state index in [0.717, 1.165) is 42.0 Å². The molecule has 3 aromatic carbocycles. The summed E-state index contributed by atoms with van der Waals surface area (Å²) >= 11 is 0. The molecule has 2 aliphatic rings. The first-order valence-corrected chi connectivity index (χ1v) is 12.4. The first-order valence-electron chi connectivity index (χ1n) is 12.4. The van der Waals surface area contributed by atoms with Gasteiger partial charge in [-0.2, -0.15) is 5.26 Å². The van der Waals surface area contributed by atoms with Crippen LogP contribution in [0.15, 0.2) is 66.7 Å². The van der Waals surface area contributed by atoms with E-state index in [1.54, 1.807) is 7.11 Å². The van der Waals surface area contributed by atoms with Gasteiger partial charge in [0.2, 0.25) is 0 Å². The topological polar surface area (TPSA) is 39.5 Å². The van der Waals surface area contributed by atoms with Crippen LogP contribution in [0.1, 0.15) is 48.4 Å². The lowest BCUT2D eigenvalue weighted by molar-refractivity contribution is 0.170. The Bertz CT molecular complexity index is 1260. The Morgan fingerprint density at radius 2 is 1.60 bits per heavy atom. The minimum atomic E-state index is 0.259. The zero-order chi connectivity index (χ0) is 24.5. The second-order valence-electron chi connectivity index (χ2n) is 9.89. The van der Waals surface area contributed by atoms with Crippen molar-refractivity contribution in [3.8, 4) is 22.9 Å². The third-order valence-electron chi connectivity index (χ3n) is 7.81. The summed E-state index contributed by atoms with van der Waals surface area (Å²) in [6.45, 7) is 6.69. The van der Waals surface area contributed by atoms with Crippen molar-refractivity contribution in [1.29, 1.82) is 5.26 Å². The number of piperazine rings is 1. The van der Waals surface area contributed by atoms with Crippen LogP contribution in [-0.4, -0.2) is 44.2 Å². The van der Waals surface area contributed by atoms with Crippen molar-refractivity contribution in [2.24, 2.45) is 0 Å². The van der Waals surface area contributed by atoms with Crippen LogP contribution in [0.3, 0.4) is 0 Å². The molecule has 0 bridgehead atoms. The standard InChI is InChI=1S/C31H33N3O/c1-21-19-34(20-22(2)33(21)3)26-14-12-25(13-15-26)28-16-17-29-27(6-5-7-30(29)31(28)35-4)24-10-8-23(18-32)9-11-24/h5,7-17,21-22,27H,6,19-20H2,1-4H3. The SMILES string of the molecule is COc1c(-c2ccc(N3CC(C)N(C)C(C)C3)cc2)ccc2c1C=CCC2c1ccc(C#N)cc1. The van der Waals surface area contributed by atoms with Crippen LogP contribution in [0, 0.1) is 11.3 Å². The predicted octanol–water partition coefficient (Wildman–Crippen LogP) is 6.31. The van der Waals surface area contributed by atoms with Gasteiger partial charge in [0, 0.05) is 47.9 Å². The van der Waals surface area contributed by atoms with E-state index >= 15 is 0 Å². The summed E-state index contributed by atoms with van der Waals surface area (Å²) < 4.78 is 6.00. The minimum absolute atomic E-state index is 0.259. The average molecular weight is 464 g/mol. The zero-order valence-corrected chi connectivity index (χ0v) is 21.0. The quantitative estimate of drug-likeness (QED) is 0.454. The van der Waals surface area contributed by atoms with Gasteiger partial charge in [-0.05, 0) is 68.3 Å². The Kier molecular flexibility index (Phi) is 6.36. The Morgan fingerprint density at radius 1 is 0.914 bits per heavy atom. The highest BCUT2D eigenvalue weighted by molar-refractivity contribution is 5.80. The molecule has 4 nitrogen and oxygen atoms in total. The lowest BCUT2D eigenvalue weighted by atomic mass is 9.80. The van der Waals surface area contributed by atoms with Gasteiger partial charge in [-0.3, -0.25) is 4.90 Å². The Balaban J connectivity index is 1.46. The highest BCUT2D eigenvalue weighted by atomic mass is 16.5. The van der Waals surface area contributed by atoms with Crippen LogP contribution >= 0.6 is 0 Å². The van der Waals surface area contributed by atoms with Crippen LogP contribution in [0.25, 0.3) is 17.2 Å². The van der Waals surface area contributed by atoms with E-state index in [2.05, 4.69) is 97.4 Å². The number of benzene rings is 3. The molecule has 0 radical (unpaired) electrons. The summed E-state index contributed by atoms with van der Waals surface area (Å²) in [5.74, 6) is 1.18. The third-order valence-corrected chi connectivity index (χ3v) is 7.81.